The zero-order chi connectivity index (χ0) is 21.8. The minimum atomic E-state index is -0.561. The van der Waals surface area contributed by atoms with E-state index in [-0.39, 0.29) is 16.9 Å². The van der Waals surface area contributed by atoms with Gasteiger partial charge >= 0.3 is 5.97 Å². The summed E-state index contributed by atoms with van der Waals surface area (Å²) in [5, 5.41) is 0. The minimum Gasteiger partial charge on any atom is -0.452 e. The molecule has 3 aromatic carbocycles. The summed E-state index contributed by atoms with van der Waals surface area (Å²) in [6.45, 7) is 6.16. The number of carbonyl (C=O) groups is 1. The Morgan fingerprint density at radius 2 is 1.29 bits per heavy atom. The summed E-state index contributed by atoms with van der Waals surface area (Å²) in [5.74, 6) is -0.261. The van der Waals surface area contributed by atoms with Gasteiger partial charge in [0.1, 0.15) is 5.60 Å². The molecule has 0 spiro atoms. The second-order valence-corrected chi connectivity index (χ2v) is 10.5. The number of esters is 1. The highest BCUT2D eigenvalue weighted by atomic mass is 32.2. The van der Waals surface area contributed by atoms with Crippen molar-refractivity contribution in [2.75, 3.05) is 0 Å². The first-order valence-corrected chi connectivity index (χ1v) is 12.0. The molecule has 4 rings (SSSR count). The van der Waals surface area contributed by atoms with Gasteiger partial charge in [0.15, 0.2) is 14.7 Å². The molecule has 0 saturated carbocycles. The van der Waals surface area contributed by atoms with E-state index >= 15 is 0 Å². The Kier molecular flexibility index (Phi) is 6.33. The van der Waals surface area contributed by atoms with Gasteiger partial charge < -0.3 is 4.74 Å². The summed E-state index contributed by atoms with van der Waals surface area (Å²) in [6.07, 6.45) is 3.27. The zero-order valence-corrected chi connectivity index (χ0v) is 19.2. The smallest absolute Gasteiger partial charge is 0.338 e. The van der Waals surface area contributed by atoms with Gasteiger partial charge in [0.25, 0.3) is 0 Å². The normalized spacial score (nSPS) is 14.2. The first kappa shape index (κ1) is 21.5. The average Bonchev–Trinajstić information content (AvgIpc) is 3.23. The summed E-state index contributed by atoms with van der Waals surface area (Å²) in [5.41, 5.74) is 2.67. The lowest BCUT2D eigenvalue weighted by atomic mass is 9.94. The molecule has 0 N–H and O–H groups in total. The van der Waals surface area contributed by atoms with Crippen LogP contribution in [0.25, 0.3) is 0 Å². The van der Waals surface area contributed by atoms with E-state index < -0.39 is 5.60 Å². The molecule has 0 saturated heterocycles. The van der Waals surface area contributed by atoms with Gasteiger partial charge in [-0.3, -0.25) is 0 Å². The number of rotatable bonds is 6. The lowest BCUT2D eigenvalue weighted by Crippen LogP contribution is -2.30. The standard InChI is InChI=1S/C28H29O2S/c1-21-11-10-16-26(21)28(2,3)30-27(29)22-17-19-25(20-18-22)31(23-12-6-4-7-13-23)24-14-8-5-9-15-24/h4-9,12-15,17-20H,10-11,16H2,1-3H3/q+1. The molecular weight excluding hydrogens is 400 g/mol. The van der Waals surface area contributed by atoms with E-state index in [1.807, 2.05) is 38.1 Å². The third-order valence-electron chi connectivity index (χ3n) is 5.85. The summed E-state index contributed by atoms with van der Waals surface area (Å²) in [6, 6.07) is 29.0. The number of benzene rings is 3. The molecule has 0 atom stereocenters. The van der Waals surface area contributed by atoms with Crippen molar-refractivity contribution < 1.29 is 9.53 Å². The van der Waals surface area contributed by atoms with Crippen molar-refractivity contribution in [1.29, 1.82) is 0 Å². The fraction of sp³-hybridized carbons (Fsp3) is 0.250. The molecule has 31 heavy (non-hydrogen) atoms. The van der Waals surface area contributed by atoms with E-state index in [4.69, 9.17) is 4.74 Å². The molecule has 0 unspecified atom stereocenters. The van der Waals surface area contributed by atoms with Crippen LogP contribution in [0, 0.1) is 0 Å². The Morgan fingerprint density at radius 3 is 1.77 bits per heavy atom. The molecule has 0 aromatic heterocycles. The number of carbonyl (C=O) groups excluding carboxylic acids is 1. The molecule has 0 amide bonds. The van der Waals surface area contributed by atoms with E-state index in [9.17, 15) is 4.79 Å². The van der Waals surface area contributed by atoms with Gasteiger partial charge in [0.2, 0.25) is 0 Å². The number of hydrogen-bond donors (Lipinski definition) is 0. The monoisotopic (exact) mass is 429 g/mol. The van der Waals surface area contributed by atoms with Crippen molar-refractivity contribution in [2.45, 2.75) is 60.3 Å². The lowest BCUT2D eigenvalue weighted by molar-refractivity contribution is 0.0124. The van der Waals surface area contributed by atoms with Crippen molar-refractivity contribution in [3.63, 3.8) is 0 Å². The van der Waals surface area contributed by atoms with Crippen LogP contribution in [0.1, 0.15) is 50.4 Å². The van der Waals surface area contributed by atoms with E-state index in [0.717, 1.165) is 19.3 Å². The van der Waals surface area contributed by atoms with E-state index in [2.05, 4.69) is 67.6 Å². The van der Waals surface area contributed by atoms with Crippen molar-refractivity contribution in [1.82, 2.24) is 0 Å². The number of hydrogen-bond acceptors (Lipinski definition) is 2. The van der Waals surface area contributed by atoms with E-state index in [0.29, 0.717) is 5.56 Å². The van der Waals surface area contributed by atoms with Gasteiger partial charge in [-0.15, -0.1) is 0 Å². The second-order valence-electron chi connectivity index (χ2n) is 8.47. The summed E-state index contributed by atoms with van der Waals surface area (Å²) in [4.78, 5) is 16.6. The van der Waals surface area contributed by atoms with Gasteiger partial charge in [-0.05, 0) is 94.1 Å². The first-order chi connectivity index (χ1) is 15.0. The molecule has 0 radical (unpaired) electrons. The van der Waals surface area contributed by atoms with Crippen LogP contribution in [0.3, 0.4) is 0 Å². The highest BCUT2D eigenvalue weighted by Crippen LogP contribution is 2.36. The summed E-state index contributed by atoms with van der Waals surface area (Å²) >= 11 is 0. The van der Waals surface area contributed by atoms with Crippen molar-refractivity contribution >= 4 is 16.9 Å². The maximum atomic E-state index is 12.9. The molecule has 1 aliphatic carbocycles. The summed E-state index contributed by atoms with van der Waals surface area (Å²) < 4.78 is 5.95. The van der Waals surface area contributed by atoms with Crippen LogP contribution < -0.4 is 0 Å². The van der Waals surface area contributed by atoms with Crippen LogP contribution >= 0.6 is 0 Å². The fourth-order valence-electron chi connectivity index (χ4n) is 4.31. The molecule has 3 aromatic rings. The Bertz CT molecular complexity index is 1030. The van der Waals surface area contributed by atoms with Crippen LogP contribution in [-0.2, 0) is 15.6 Å². The predicted octanol–water partition coefficient (Wildman–Crippen LogP) is 7.22. The van der Waals surface area contributed by atoms with Crippen molar-refractivity contribution in [3.8, 4) is 0 Å². The topological polar surface area (TPSA) is 26.3 Å². The quantitative estimate of drug-likeness (QED) is 0.235. The lowest BCUT2D eigenvalue weighted by Gasteiger charge is -2.28. The first-order valence-electron chi connectivity index (χ1n) is 10.8. The van der Waals surface area contributed by atoms with Crippen LogP contribution in [0.2, 0.25) is 0 Å². The van der Waals surface area contributed by atoms with Crippen LogP contribution in [-0.4, -0.2) is 11.6 Å². The Morgan fingerprint density at radius 1 is 0.774 bits per heavy atom. The molecule has 0 aliphatic heterocycles. The Hall–Kier alpha value is -2.78. The third-order valence-corrected chi connectivity index (χ3v) is 8.08. The SMILES string of the molecule is CC1=C(C(C)(C)OC(=O)c2ccc([S+](c3ccccc3)c3ccccc3)cc2)CCC1. The molecule has 0 fully saturated rings. The van der Waals surface area contributed by atoms with Crippen molar-refractivity contribution in [2.24, 2.45) is 0 Å². The van der Waals surface area contributed by atoms with Gasteiger partial charge in [0, 0.05) is 0 Å². The highest BCUT2D eigenvalue weighted by Gasteiger charge is 2.32. The fourth-order valence-corrected chi connectivity index (χ4v) is 6.39. The van der Waals surface area contributed by atoms with Crippen LogP contribution in [0.4, 0.5) is 0 Å². The van der Waals surface area contributed by atoms with Gasteiger partial charge in [0.05, 0.1) is 16.5 Å². The van der Waals surface area contributed by atoms with Crippen LogP contribution in [0.15, 0.2) is 111 Å². The predicted molar refractivity (Wildman–Crippen MR) is 128 cm³/mol. The molecule has 3 heteroatoms. The molecule has 0 bridgehead atoms. The Labute approximate surface area is 188 Å². The minimum absolute atomic E-state index is 0.221. The maximum Gasteiger partial charge on any atom is 0.338 e. The van der Waals surface area contributed by atoms with Gasteiger partial charge in [-0.25, -0.2) is 4.79 Å². The van der Waals surface area contributed by atoms with Crippen LogP contribution in [0.5, 0.6) is 0 Å². The molecule has 0 heterocycles. The molecule has 1 aliphatic rings. The highest BCUT2D eigenvalue weighted by molar-refractivity contribution is 7.97. The van der Waals surface area contributed by atoms with E-state index in [1.165, 1.54) is 25.8 Å². The average molecular weight is 430 g/mol. The van der Waals surface area contributed by atoms with Crippen molar-refractivity contribution in [3.05, 3.63) is 102 Å². The largest absolute Gasteiger partial charge is 0.452 e. The van der Waals surface area contributed by atoms with Gasteiger partial charge in [-0.1, -0.05) is 42.0 Å². The molecule has 158 valence electrons. The third kappa shape index (κ3) is 4.77. The van der Waals surface area contributed by atoms with E-state index in [1.54, 1.807) is 0 Å². The maximum absolute atomic E-state index is 12.9. The molecular formula is C28H29O2S+. The molecule has 2 nitrogen and oxygen atoms in total. The Balaban J connectivity index is 1.59. The number of ether oxygens (including phenoxy) is 1. The number of allylic oxidation sites excluding steroid dienone is 1. The second kappa shape index (κ2) is 9.15. The zero-order valence-electron chi connectivity index (χ0n) is 18.4. The van der Waals surface area contributed by atoms with Gasteiger partial charge in [-0.2, -0.15) is 0 Å². The summed E-state index contributed by atoms with van der Waals surface area (Å²) in [7, 11) is -0.221.